The van der Waals surface area contributed by atoms with E-state index in [1.165, 1.54) is 36.2 Å². The molecule has 0 aliphatic rings. The molecule has 0 aromatic heterocycles. The minimum Gasteiger partial charge on any atom is -0.494 e. The van der Waals surface area contributed by atoms with Gasteiger partial charge in [-0.1, -0.05) is 71.2 Å². The molecule has 0 spiro atoms. The molecular formula is C33H32Cl3N3O5S. The number of anilines is 1. The maximum absolute atomic E-state index is 14.4. The Morgan fingerprint density at radius 3 is 2.11 bits per heavy atom. The van der Waals surface area contributed by atoms with Crippen molar-refractivity contribution >= 4 is 62.3 Å². The summed E-state index contributed by atoms with van der Waals surface area (Å²) in [6.45, 7) is 1.61. The van der Waals surface area contributed by atoms with Crippen molar-refractivity contribution < 1.29 is 22.7 Å². The Morgan fingerprint density at radius 1 is 0.844 bits per heavy atom. The van der Waals surface area contributed by atoms with Gasteiger partial charge in [0, 0.05) is 25.0 Å². The molecule has 0 saturated heterocycles. The van der Waals surface area contributed by atoms with E-state index in [2.05, 4.69) is 5.32 Å². The first-order chi connectivity index (χ1) is 21.5. The number of nitrogens with one attached hydrogen (secondary N) is 1. The van der Waals surface area contributed by atoms with Crippen LogP contribution in [0.1, 0.15) is 18.1 Å². The van der Waals surface area contributed by atoms with E-state index in [-0.39, 0.29) is 28.6 Å². The van der Waals surface area contributed by atoms with E-state index in [9.17, 15) is 18.0 Å². The zero-order chi connectivity index (χ0) is 32.6. The molecule has 8 nitrogen and oxygen atoms in total. The normalized spacial score (nSPS) is 11.8. The Morgan fingerprint density at radius 2 is 1.51 bits per heavy atom. The Balaban J connectivity index is 1.79. The summed E-state index contributed by atoms with van der Waals surface area (Å²) in [5.74, 6) is -0.488. The molecule has 0 bridgehead atoms. The molecule has 4 rings (SSSR count). The summed E-state index contributed by atoms with van der Waals surface area (Å²) in [5, 5.41) is 3.63. The fraction of sp³-hybridized carbons (Fsp3) is 0.212. The average Bonchev–Trinajstić information content (AvgIpc) is 3.04. The quantitative estimate of drug-likeness (QED) is 0.170. The van der Waals surface area contributed by atoms with Gasteiger partial charge in [0.25, 0.3) is 10.0 Å². The number of sulfonamides is 1. The van der Waals surface area contributed by atoms with Crippen LogP contribution in [-0.4, -0.2) is 51.4 Å². The number of carbonyl (C=O) groups excluding carboxylic acids is 2. The van der Waals surface area contributed by atoms with Crippen molar-refractivity contribution in [1.82, 2.24) is 10.2 Å². The number of hydrogen-bond donors (Lipinski definition) is 1. The summed E-state index contributed by atoms with van der Waals surface area (Å²) in [7, 11) is -2.79. The molecule has 1 N–H and O–H groups in total. The molecule has 12 heteroatoms. The Bertz CT molecular complexity index is 1720. The van der Waals surface area contributed by atoms with Gasteiger partial charge in [-0.05, 0) is 78.7 Å². The van der Waals surface area contributed by atoms with Crippen LogP contribution in [-0.2, 0) is 32.6 Å². The van der Waals surface area contributed by atoms with Crippen LogP contribution < -0.4 is 14.4 Å². The van der Waals surface area contributed by atoms with Crippen molar-refractivity contribution in [2.75, 3.05) is 24.5 Å². The standard InChI is InChI=1S/C33H32Cl3N3O5S/c1-3-44-27-14-12-26(13-15-27)39(45(42,43)28-16-10-25(34)11-17-28)22-32(40)38(21-24-9-18-29(35)30(36)19-24)31(33(41)37-2)20-23-7-5-4-6-8-23/h4-19,31H,3,20-22H2,1-2H3,(H,37,41). The topological polar surface area (TPSA) is 96.0 Å². The van der Waals surface area contributed by atoms with Crippen molar-refractivity contribution in [3.63, 3.8) is 0 Å². The Labute approximate surface area is 278 Å². The number of amides is 2. The van der Waals surface area contributed by atoms with E-state index in [1.54, 1.807) is 42.5 Å². The largest absolute Gasteiger partial charge is 0.494 e. The molecular weight excluding hydrogens is 657 g/mol. The molecule has 4 aromatic rings. The molecule has 0 radical (unpaired) electrons. The number of halogens is 3. The van der Waals surface area contributed by atoms with E-state index >= 15 is 0 Å². The molecule has 45 heavy (non-hydrogen) atoms. The van der Waals surface area contributed by atoms with Gasteiger partial charge in [0.05, 0.1) is 27.2 Å². The smallest absolute Gasteiger partial charge is 0.264 e. The van der Waals surface area contributed by atoms with Crippen LogP contribution in [0.4, 0.5) is 5.69 Å². The number of carbonyl (C=O) groups is 2. The Kier molecular flexibility index (Phi) is 11.7. The van der Waals surface area contributed by atoms with E-state index < -0.39 is 34.4 Å². The second kappa shape index (κ2) is 15.5. The third kappa shape index (κ3) is 8.70. The van der Waals surface area contributed by atoms with Crippen LogP contribution >= 0.6 is 34.8 Å². The molecule has 2 amide bonds. The SMILES string of the molecule is CCOc1ccc(N(CC(=O)N(Cc2ccc(Cl)c(Cl)c2)C(Cc2ccccc2)C(=O)NC)S(=O)(=O)c2ccc(Cl)cc2)cc1. The van der Waals surface area contributed by atoms with Gasteiger partial charge in [0.15, 0.2) is 0 Å². The van der Waals surface area contributed by atoms with Crippen LogP contribution in [0.5, 0.6) is 5.75 Å². The predicted molar refractivity (Wildman–Crippen MR) is 179 cm³/mol. The van der Waals surface area contributed by atoms with Crippen LogP contribution in [0.15, 0.2) is 102 Å². The highest BCUT2D eigenvalue weighted by atomic mass is 35.5. The molecule has 236 valence electrons. The van der Waals surface area contributed by atoms with Gasteiger partial charge in [-0.3, -0.25) is 13.9 Å². The van der Waals surface area contributed by atoms with Crippen LogP contribution in [0.2, 0.25) is 15.1 Å². The van der Waals surface area contributed by atoms with Gasteiger partial charge in [-0.2, -0.15) is 0 Å². The number of likely N-dealkylation sites (N-methyl/N-ethyl adjacent to an activating group) is 1. The Hall–Kier alpha value is -3.76. The monoisotopic (exact) mass is 687 g/mol. The summed E-state index contributed by atoms with van der Waals surface area (Å²) < 4.78 is 34.7. The zero-order valence-corrected chi connectivity index (χ0v) is 27.7. The average molecular weight is 689 g/mol. The minimum absolute atomic E-state index is 0.0429. The van der Waals surface area contributed by atoms with E-state index in [1.807, 2.05) is 37.3 Å². The lowest BCUT2D eigenvalue weighted by molar-refractivity contribution is -0.139. The maximum atomic E-state index is 14.4. The van der Waals surface area contributed by atoms with Crippen molar-refractivity contribution in [3.8, 4) is 5.75 Å². The lowest BCUT2D eigenvalue weighted by Crippen LogP contribution is -2.53. The lowest BCUT2D eigenvalue weighted by Gasteiger charge is -2.33. The molecule has 4 aromatic carbocycles. The number of nitrogens with zero attached hydrogens (tertiary/aromatic N) is 2. The van der Waals surface area contributed by atoms with Crippen LogP contribution in [0.3, 0.4) is 0 Å². The summed E-state index contributed by atoms with van der Waals surface area (Å²) in [4.78, 5) is 29.0. The first kappa shape index (κ1) is 34.1. The fourth-order valence-electron chi connectivity index (χ4n) is 4.69. The first-order valence-corrected chi connectivity index (χ1v) is 16.6. The lowest BCUT2D eigenvalue weighted by atomic mass is 10.0. The van der Waals surface area contributed by atoms with Gasteiger partial charge in [0.2, 0.25) is 11.8 Å². The first-order valence-electron chi connectivity index (χ1n) is 14.0. The summed E-state index contributed by atoms with van der Waals surface area (Å²) in [6, 6.07) is 25.2. The fourth-order valence-corrected chi connectivity index (χ4v) is 6.55. The van der Waals surface area contributed by atoms with Gasteiger partial charge in [0.1, 0.15) is 18.3 Å². The molecule has 1 atom stereocenters. The summed E-state index contributed by atoms with van der Waals surface area (Å²) in [5.41, 5.74) is 1.65. The third-order valence-electron chi connectivity index (χ3n) is 6.97. The maximum Gasteiger partial charge on any atom is 0.264 e. The van der Waals surface area contributed by atoms with Crippen molar-refractivity contribution in [1.29, 1.82) is 0 Å². The molecule has 0 fully saturated rings. The summed E-state index contributed by atoms with van der Waals surface area (Å²) in [6.07, 6.45) is 0.181. The van der Waals surface area contributed by atoms with Crippen molar-refractivity contribution in [2.24, 2.45) is 0 Å². The molecule has 1 unspecified atom stereocenters. The van der Waals surface area contributed by atoms with E-state index in [4.69, 9.17) is 39.5 Å². The molecule has 0 heterocycles. The van der Waals surface area contributed by atoms with E-state index in [0.717, 1.165) is 9.87 Å². The minimum atomic E-state index is -4.27. The third-order valence-corrected chi connectivity index (χ3v) is 9.75. The second-order valence-corrected chi connectivity index (χ2v) is 13.1. The predicted octanol–water partition coefficient (Wildman–Crippen LogP) is 6.63. The number of rotatable bonds is 13. The van der Waals surface area contributed by atoms with Gasteiger partial charge in [-0.15, -0.1) is 0 Å². The highest BCUT2D eigenvalue weighted by Crippen LogP contribution is 2.28. The number of ether oxygens (including phenoxy) is 1. The highest BCUT2D eigenvalue weighted by Gasteiger charge is 2.34. The van der Waals surface area contributed by atoms with Crippen molar-refractivity contribution in [3.05, 3.63) is 123 Å². The van der Waals surface area contributed by atoms with Crippen molar-refractivity contribution in [2.45, 2.75) is 30.8 Å². The van der Waals surface area contributed by atoms with Gasteiger partial charge in [-0.25, -0.2) is 8.42 Å². The summed E-state index contributed by atoms with van der Waals surface area (Å²) >= 11 is 18.5. The van der Waals surface area contributed by atoms with E-state index in [0.29, 0.717) is 28.0 Å². The van der Waals surface area contributed by atoms with Gasteiger partial charge >= 0.3 is 0 Å². The number of hydrogen-bond acceptors (Lipinski definition) is 5. The second-order valence-electron chi connectivity index (χ2n) is 9.98. The van der Waals surface area contributed by atoms with Crippen LogP contribution in [0, 0.1) is 0 Å². The molecule has 0 aliphatic carbocycles. The van der Waals surface area contributed by atoms with Gasteiger partial charge < -0.3 is 15.0 Å². The molecule has 0 aliphatic heterocycles. The molecule has 0 saturated carbocycles. The van der Waals surface area contributed by atoms with Crippen LogP contribution in [0.25, 0.3) is 0 Å². The highest BCUT2D eigenvalue weighted by molar-refractivity contribution is 7.92. The zero-order valence-electron chi connectivity index (χ0n) is 24.6. The number of benzene rings is 4.